The van der Waals surface area contributed by atoms with E-state index in [1.807, 2.05) is 91.0 Å². The van der Waals surface area contributed by atoms with Crippen molar-refractivity contribution in [1.82, 2.24) is 9.97 Å². The van der Waals surface area contributed by atoms with Crippen molar-refractivity contribution in [2.75, 3.05) is 5.32 Å². The fourth-order valence-corrected chi connectivity index (χ4v) is 3.03. The van der Waals surface area contributed by atoms with Crippen LogP contribution in [0.3, 0.4) is 0 Å². The molecule has 0 fully saturated rings. The van der Waals surface area contributed by atoms with Gasteiger partial charge in [-0.3, -0.25) is 4.79 Å². The summed E-state index contributed by atoms with van der Waals surface area (Å²) in [5.74, 6) is 0.0675. The van der Waals surface area contributed by atoms with E-state index >= 15 is 0 Å². The Balaban J connectivity index is 1.52. The van der Waals surface area contributed by atoms with Crippen LogP contribution in [0.15, 0.2) is 103 Å². The van der Waals surface area contributed by atoms with Crippen LogP contribution < -0.4 is 10.1 Å². The number of hydrogen-bond acceptors (Lipinski definition) is 4. The summed E-state index contributed by atoms with van der Waals surface area (Å²) in [6, 6.07) is 28.9. The standard InChI is InChI=1S/C24H19N3O2/c28-23(22(18-10-4-1-5-11-18)19-12-6-2-7-13-19)27-20-16-25-24(26-17-20)29-21-14-8-3-9-15-21/h1-17,22H,(H,27,28). The minimum Gasteiger partial charge on any atom is -0.424 e. The highest BCUT2D eigenvalue weighted by molar-refractivity contribution is 5.97. The van der Waals surface area contributed by atoms with Crippen LogP contribution in [0.1, 0.15) is 17.0 Å². The minimum atomic E-state index is -0.433. The molecule has 4 rings (SSSR count). The summed E-state index contributed by atoms with van der Waals surface area (Å²) >= 11 is 0. The summed E-state index contributed by atoms with van der Waals surface area (Å²) in [4.78, 5) is 21.5. The van der Waals surface area contributed by atoms with Gasteiger partial charge in [0.05, 0.1) is 24.0 Å². The molecule has 5 heteroatoms. The molecule has 0 aliphatic heterocycles. The lowest BCUT2D eigenvalue weighted by Gasteiger charge is -2.17. The number of carbonyl (C=O) groups is 1. The lowest BCUT2D eigenvalue weighted by molar-refractivity contribution is -0.116. The molecule has 4 aromatic rings. The van der Waals surface area contributed by atoms with E-state index in [2.05, 4.69) is 15.3 Å². The molecule has 0 atom stereocenters. The topological polar surface area (TPSA) is 64.1 Å². The van der Waals surface area contributed by atoms with Gasteiger partial charge in [-0.1, -0.05) is 78.9 Å². The van der Waals surface area contributed by atoms with Crippen LogP contribution >= 0.6 is 0 Å². The van der Waals surface area contributed by atoms with E-state index in [4.69, 9.17) is 4.74 Å². The van der Waals surface area contributed by atoms with Gasteiger partial charge in [0.1, 0.15) is 5.75 Å². The fraction of sp³-hybridized carbons (Fsp3) is 0.0417. The van der Waals surface area contributed by atoms with Crippen molar-refractivity contribution in [3.8, 4) is 11.8 Å². The normalized spacial score (nSPS) is 10.5. The summed E-state index contributed by atoms with van der Waals surface area (Å²) in [5.41, 5.74) is 2.34. The molecule has 0 unspecified atom stereocenters. The van der Waals surface area contributed by atoms with Crippen LogP contribution in [-0.2, 0) is 4.79 Å². The van der Waals surface area contributed by atoms with E-state index in [1.165, 1.54) is 12.4 Å². The van der Waals surface area contributed by atoms with E-state index in [0.717, 1.165) is 11.1 Å². The second-order valence-electron chi connectivity index (χ2n) is 6.41. The Morgan fingerprint density at radius 1 is 0.724 bits per heavy atom. The van der Waals surface area contributed by atoms with Crippen molar-refractivity contribution in [2.45, 2.75) is 5.92 Å². The number of amides is 1. The van der Waals surface area contributed by atoms with Gasteiger partial charge in [0.25, 0.3) is 0 Å². The number of nitrogens with zero attached hydrogens (tertiary/aromatic N) is 2. The van der Waals surface area contributed by atoms with E-state index in [1.54, 1.807) is 0 Å². The number of rotatable bonds is 6. The van der Waals surface area contributed by atoms with Crippen LogP contribution in [0.25, 0.3) is 0 Å². The summed E-state index contributed by atoms with van der Waals surface area (Å²) < 4.78 is 5.59. The van der Waals surface area contributed by atoms with Crippen LogP contribution in [0.5, 0.6) is 11.8 Å². The van der Waals surface area contributed by atoms with Crippen molar-refractivity contribution in [3.63, 3.8) is 0 Å². The molecule has 142 valence electrons. The third-order valence-corrected chi connectivity index (χ3v) is 4.38. The summed E-state index contributed by atoms with van der Waals surface area (Å²) in [6.07, 6.45) is 3.08. The maximum atomic E-state index is 13.1. The van der Waals surface area contributed by atoms with E-state index in [0.29, 0.717) is 11.4 Å². The van der Waals surface area contributed by atoms with Gasteiger partial charge in [-0.2, -0.15) is 0 Å². The molecule has 1 amide bonds. The van der Waals surface area contributed by atoms with E-state index in [-0.39, 0.29) is 11.9 Å². The SMILES string of the molecule is O=C(Nc1cnc(Oc2ccccc2)nc1)C(c1ccccc1)c1ccccc1. The molecular weight excluding hydrogens is 362 g/mol. The smallest absolute Gasteiger partial charge is 0.322 e. The van der Waals surface area contributed by atoms with Crippen molar-refractivity contribution in [2.24, 2.45) is 0 Å². The first-order valence-electron chi connectivity index (χ1n) is 9.25. The van der Waals surface area contributed by atoms with Crippen molar-refractivity contribution >= 4 is 11.6 Å². The predicted molar refractivity (Wildman–Crippen MR) is 112 cm³/mol. The van der Waals surface area contributed by atoms with E-state index in [9.17, 15) is 4.79 Å². The first-order chi connectivity index (χ1) is 14.3. The van der Waals surface area contributed by atoms with Crippen molar-refractivity contribution in [3.05, 3.63) is 115 Å². The molecule has 0 spiro atoms. The van der Waals surface area contributed by atoms with E-state index < -0.39 is 5.92 Å². The van der Waals surface area contributed by atoms with Gasteiger partial charge < -0.3 is 10.1 Å². The highest BCUT2D eigenvalue weighted by Gasteiger charge is 2.22. The van der Waals surface area contributed by atoms with Crippen molar-refractivity contribution in [1.29, 1.82) is 0 Å². The number of aromatic nitrogens is 2. The highest BCUT2D eigenvalue weighted by atomic mass is 16.5. The predicted octanol–water partition coefficient (Wildman–Crippen LogP) is 5.04. The second kappa shape index (κ2) is 8.80. The third-order valence-electron chi connectivity index (χ3n) is 4.38. The monoisotopic (exact) mass is 381 g/mol. The molecule has 0 aliphatic carbocycles. The molecule has 29 heavy (non-hydrogen) atoms. The second-order valence-corrected chi connectivity index (χ2v) is 6.41. The first kappa shape index (κ1) is 18.4. The van der Waals surface area contributed by atoms with Gasteiger partial charge in [0.2, 0.25) is 5.91 Å². The molecule has 0 saturated carbocycles. The molecule has 1 heterocycles. The first-order valence-corrected chi connectivity index (χ1v) is 9.25. The number of benzene rings is 3. The molecule has 3 aromatic carbocycles. The molecule has 0 saturated heterocycles. The maximum absolute atomic E-state index is 13.1. The Morgan fingerprint density at radius 3 is 1.72 bits per heavy atom. The zero-order chi connectivity index (χ0) is 19.9. The van der Waals surface area contributed by atoms with Crippen LogP contribution in [0.4, 0.5) is 5.69 Å². The molecule has 1 aromatic heterocycles. The number of anilines is 1. The van der Waals surface area contributed by atoms with Crippen molar-refractivity contribution < 1.29 is 9.53 Å². The Bertz CT molecular complexity index is 1010. The molecule has 1 N–H and O–H groups in total. The van der Waals surface area contributed by atoms with Crippen LogP contribution in [0.2, 0.25) is 0 Å². The number of nitrogens with one attached hydrogen (secondary N) is 1. The maximum Gasteiger partial charge on any atom is 0.322 e. The molecule has 0 bridgehead atoms. The zero-order valence-corrected chi connectivity index (χ0v) is 15.6. The summed E-state index contributed by atoms with van der Waals surface area (Å²) in [5, 5.41) is 2.91. The number of para-hydroxylation sites is 1. The molecule has 0 radical (unpaired) electrons. The van der Waals surface area contributed by atoms with Gasteiger partial charge in [-0.05, 0) is 23.3 Å². The number of hydrogen-bond donors (Lipinski definition) is 1. The van der Waals surface area contributed by atoms with Gasteiger partial charge in [0, 0.05) is 0 Å². The Morgan fingerprint density at radius 2 is 1.21 bits per heavy atom. The highest BCUT2D eigenvalue weighted by Crippen LogP contribution is 2.26. The lowest BCUT2D eigenvalue weighted by Crippen LogP contribution is -2.22. The number of ether oxygens (including phenoxy) is 1. The van der Waals surface area contributed by atoms with Crippen LogP contribution in [0, 0.1) is 0 Å². The lowest BCUT2D eigenvalue weighted by atomic mass is 9.90. The summed E-state index contributed by atoms with van der Waals surface area (Å²) in [6.45, 7) is 0. The zero-order valence-electron chi connectivity index (χ0n) is 15.6. The molecular formula is C24H19N3O2. The molecule has 0 aliphatic rings. The Hall–Kier alpha value is -3.99. The van der Waals surface area contributed by atoms with Gasteiger partial charge in [0.15, 0.2) is 0 Å². The Kier molecular flexibility index (Phi) is 5.58. The minimum absolute atomic E-state index is 0.150. The van der Waals surface area contributed by atoms with Crippen LogP contribution in [-0.4, -0.2) is 15.9 Å². The molecule has 5 nitrogen and oxygen atoms in total. The average molecular weight is 381 g/mol. The quantitative estimate of drug-likeness (QED) is 0.508. The van der Waals surface area contributed by atoms with Gasteiger partial charge in [-0.25, -0.2) is 9.97 Å². The fourth-order valence-electron chi connectivity index (χ4n) is 3.03. The largest absolute Gasteiger partial charge is 0.424 e. The third kappa shape index (κ3) is 4.65. The average Bonchev–Trinajstić information content (AvgIpc) is 2.78. The Labute approximate surface area is 169 Å². The van der Waals surface area contributed by atoms with Gasteiger partial charge >= 0.3 is 6.01 Å². The summed E-state index contributed by atoms with van der Waals surface area (Å²) in [7, 11) is 0. The van der Waals surface area contributed by atoms with Gasteiger partial charge in [-0.15, -0.1) is 0 Å². The number of carbonyl (C=O) groups excluding carboxylic acids is 1.